The van der Waals surface area contributed by atoms with E-state index >= 15 is 0 Å². The standard InChI is InChI=1S/C14H26N2O3/c15-14(6-8-19-9-7-14)12(18)16-10-13(11-17)4-2-1-3-5-13/h17H,1-11,15H2,(H,16,18). The van der Waals surface area contributed by atoms with Crippen molar-refractivity contribution in [2.45, 2.75) is 50.5 Å². The summed E-state index contributed by atoms with van der Waals surface area (Å²) < 4.78 is 5.25. The predicted octanol–water partition coefficient (Wildman–Crippen LogP) is 0.553. The van der Waals surface area contributed by atoms with Crippen molar-refractivity contribution in [3.63, 3.8) is 0 Å². The van der Waals surface area contributed by atoms with Gasteiger partial charge in [-0.3, -0.25) is 4.79 Å². The lowest BCUT2D eigenvalue weighted by Crippen LogP contribution is -2.58. The first-order chi connectivity index (χ1) is 9.10. The van der Waals surface area contributed by atoms with Crippen LogP contribution >= 0.6 is 0 Å². The van der Waals surface area contributed by atoms with Crippen molar-refractivity contribution < 1.29 is 14.6 Å². The van der Waals surface area contributed by atoms with Crippen molar-refractivity contribution in [3.05, 3.63) is 0 Å². The molecular weight excluding hydrogens is 244 g/mol. The summed E-state index contributed by atoms with van der Waals surface area (Å²) in [5, 5.41) is 12.6. The summed E-state index contributed by atoms with van der Waals surface area (Å²) in [6, 6.07) is 0. The quantitative estimate of drug-likeness (QED) is 0.696. The number of aliphatic hydroxyl groups excluding tert-OH is 1. The highest BCUT2D eigenvalue weighted by Crippen LogP contribution is 2.35. The van der Waals surface area contributed by atoms with E-state index in [9.17, 15) is 9.90 Å². The third-order valence-corrected chi connectivity index (χ3v) is 4.71. The third kappa shape index (κ3) is 3.46. The molecule has 0 radical (unpaired) electrons. The number of carbonyl (C=O) groups excluding carboxylic acids is 1. The van der Waals surface area contributed by atoms with Gasteiger partial charge in [0.25, 0.3) is 0 Å². The van der Waals surface area contributed by atoms with E-state index in [1.54, 1.807) is 0 Å². The first kappa shape index (κ1) is 14.8. The molecule has 0 unspecified atom stereocenters. The normalized spacial score (nSPS) is 25.8. The van der Waals surface area contributed by atoms with Crippen LogP contribution in [0.5, 0.6) is 0 Å². The Balaban J connectivity index is 1.87. The zero-order valence-electron chi connectivity index (χ0n) is 11.6. The van der Waals surface area contributed by atoms with Gasteiger partial charge in [-0.05, 0) is 25.7 Å². The SMILES string of the molecule is NC1(C(=O)NCC2(CO)CCCCC2)CCOCC1. The van der Waals surface area contributed by atoms with Crippen molar-refractivity contribution in [2.75, 3.05) is 26.4 Å². The Bertz CT molecular complexity index is 308. The molecular formula is C14H26N2O3. The van der Waals surface area contributed by atoms with Gasteiger partial charge in [-0.1, -0.05) is 19.3 Å². The molecule has 0 spiro atoms. The minimum absolute atomic E-state index is 0.0887. The summed E-state index contributed by atoms with van der Waals surface area (Å²) in [5.41, 5.74) is 5.23. The van der Waals surface area contributed by atoms with Crippen LogP contribution in [0, 0.1) is 5.41 Å². The molecule has 1 amide bonds. The predicted molar refractivity (Wildman–Crippen MR) is 72.6 cm³/mol. The molecule has 0 bridgehead atoms. The Morgan fingerprint density at radius 1 is 1.16 bits per heavy atom. The van der Waals surface area contributed by atoms with Gasteiger partial charge in [0.05, 0.1) is 12.1 Å². The lowest BCUT2D eigenvalue weighted by atomic mass is 9.74. The molecule has 0 aromatic carbocycles. The topological polar surface area (TPSA) is 84.6 Å². The van der Waals surface area contributed by atoms with Gasteiger partial charge in [0.15, 0.2) is 0 Å². The van der Waals surface area contributed by atoms with E-state index in [4.69, 9.17) is 10.5 Å². The van der Waals surface area contributed by atoms with Gasteiger partial charge < -0.3 is 20.9 Å². The zero-order valence-corrected chi connectivity index (χ0v) is 11.6. The number of nitrogens with two attached hydrogens (primary N) is 1. The second kappa shape index (κ2) is 6.20. The molecule has 1 aliphatic carbocycles. The van der Waals surface area contributed by atoms with Gasteiger partial charge in [0.1, 0.15) is 0 Å². The van der Waals surface area contributed by atoms with E-state index < -0.39 is 5.54 Å². The van der Waals surface area contributed by atoms with Gasteiger partial charge in [0, 0.05) is 25.2 Å². The summed E-state index contributed by atoms with van der Waals surface area (Å²) in [5.74, 6) is -0.0887. The summed E-state index contributed by atoms with van der Waals surface area (Å²) >= 11 is 0. The second-order valence-electron chi connectivity index (χ2n) is 6.17. The molecule has 5 heteroatoms. The number of carbonyl (C=O) groups is 1. The molecule has 1 heterocycles. The Hall–Kier alpha value is -0.650. The van der Waals surface area contributed by atoms with Gasteiger partial charge in [0.2, 0.25) is 5.91 Å². The second-order valence-corrected chi connectivity index (χ2v) is 6.17. The number of rotatable bonds is 4. The molecule has 1 saturated heterocycles. The monoisotopic (exact) mass is 270 g/mol. The maximum atomic E-state index is 12.2. The number of amides is 1. The molecule has 0 atom stereocenters. The third-order valence-electron chi connectivity index (χ3n) is 4.71. The average Bonchev–Trinajstić information content (AvgIpc) is 2.46. The molecule has 4 N–H and O–H groups in total. The minimum Gasteiger partial charge on any atom is -0.396 e. The van der Waals surface area contributed by atoms with Gasteiger partial charge in [-0.15, -0.1) is 0 Å². The van der Waals surface area contributed by atoms with E-state index in [2.05, 4.69) is 5.32 Å². The first-order valence-corrected chi connectivity index (χ1v) is 7.36. The van der Waals surface area contributed by atoms with Crippen molar-refractivity contribution in [1.29, 1.82) is 0 Å². The molecule has 1 aliphatic heterocycles. The van der Waals surface area contributed by atoms with Gasteiger partial charge in [-0.25, -0.2) is 0 Å². The maximum absolute atomic E-state index is 12.2. The molecule has 5 nitrogen and oxygen atoms in total. The van der Waals surface area contributed by atoms with Crippen LogP contribution < -0.4 is 11.1 Å². The highest BCUT2D eigenvalue weighted by molar-refractivity contribution is 5.86. The largest absolute Gasteiger partial charge is 0.396 e. The molecule has 2 rings (SSSR count). The van der Waals surface area contributed by atoms with Crippen LogP contribution in [0.1, 0.15) is 44.9 Å². The van der Waals surface area contributed by atoms with Crippen LogP contribution in [-0.4, -0.2) is 42.9 Å². The first-order valence-electron chi connectivity index (χ1n) is 7.36. The molecule has 0 aromatic heterocycles. The van der Waals surface area contributed by atoms with Crippen LogP contribution in [0.25, 0.3) is 0 Å². The van der Waals surface area contributed by atoms with E-state index in [-0.39, 0.29) is 17.9 Å². The van der Waals surface area contributed by atoms with E-state index in [1.807, 2.05) is 0 Å². The molecule has 2 fully saturated rings. The number of aliphatic hydroxyl groups is 1. The maximum Gasteiger partial charge on any atom is 0.240 e. The van der Waals surface area contributed by atoms with Crippen LogP contribution in [0.15, 0.2) is 0 Å². The number of hydrogen-bond donors (Lipinski definition) is 3. The highest BCUT2D eigenvalue weighted by Gasteiger charge is 2.38. The van der Waals surface area contributed by atoms with Gasteiger partial charge in [-0.2, -0.15) is 0 Å². The molecule has 0 aromatic rings. The molecule has 19 heavy (non-hydrogen) atoms. The van der Waals surface area contributed by atoms with Crippen molar-refractivity contribution in [2.24, 2.45) is 11.1 Å². The number of hydrogen-bond acceptors (Lipinski definition) is 4. The summed E-state index contributed by atoms with van der Waals surface area (Å²) in [6.45, 7) is 1.79. The van der Waals surface area contributed by atoms with Crippen LogP contribution in [0.3, 0.4) is 0 Å². The Labute approximate surface area is 114 Å². The summed E-state index contributed by atoms with van der Waals surface area (Å²) in [7, 11) is 0. The number of ether oxygens (including phenoxy) is 1. The minimum atomic E-state index is -0.788. The average molecular weight is 270 g/mol. The van der Waals surface area contributed by atoms with Crippen LogP contribution in [0.4, 0.5) is 0 Å². The molecule has 1 saturated carbocycles. The fourth-order valence-electron chi connectivity index (χ4n) is 3.10. The van der Waals surface area contributed by atoms with Crippen LogP contribution in [-0.2, 0) is 9.53 Å². The molecule has 110 valence electrons. The molecule has 2 aliphatic rings. The van der Waals surface area contributed by atoms with Crippen LogP contribution in [0.2, 0.25) is 0 Å². The van der Waals surface area contributed by atoms with Crippen molar-refractivity contribution in [3.8, 4) is 0 Å². The lowest BCUT2D eigenvalue weighted by molar-refractivity contribution is -0.130. The van der Waals surface area contributed by atoms with Crippen molar-refractivity contribution in [1.82, 2.24) is 5.32 Å². The van der Waals surface area contributed by atoms with Gasteiger partial charge >= 0.3 is 0 Å². The van der Waals surface area contributed by atoms with E-state index in [0.29, 0.717) is 32.6 Å². The fourth-order valence-corrected chi connectivity index (χ4v) is 3.10. The zero-order chi connectivity index (χ0) is 13.8. The Morgan fingerprint density at radius 3 is 2.37 bits per heavy atom. The van der Waals surface area contributed by atoms with E-state index in [0.717, 1.165) is 25.7 Å². The van der Waals surface area contributed by atoms with E-state index in [1.165, 1.54) is 6.42 Å². The highest BCUT2D eigenvalue weighted by atomic mass is 16.5. The summed E-state index contributed by atoms with van der Waals surface area (Å²) in [4.78, 5) is 12.2. The smallest absolute Gasteiger partial charge is 0.240 e. The lowest BCUT2D eigenvalue weighted by Gasteiger charge is -2.38. The number of nitrogens with one attached hydrogen (secondary N) is 1. The summed E-state index contributed by atoms with van der Waals surface area (Å²) in [6.07, 6.45) is 6.63. The van der Waals surface area contributed by atoms with Crippen molar-refractivity contribution >= 4 is 5.91 Å². The Morgan fingerprint density at radius 2 is 1.79 bits per heavy atom. The Kier molecular flexibility index (Phi) is 4.81. The fraction of sp³-hybridized carbons (Fsp3) is 0.929.